The number of carbonyl (C=O) groups excluding carboxylic acids is 1. The molecule has 1 aromatic heterocycles. The molecule has 0 aliphatic carbocycles. The Morgan fingerprint density at radius 2 is 2.30 bits per heavy atom. The molecular weight excluding hydrogens is 194 g/mol. The largest absolute Gasteiger partial charge is 0.345 e. The van der Waals surface area contributed by atoms with Crippen LogP contribution in [0.2, 0.25) is 0 Å². The van der Waals surface area contributed by atoms with Crippen molar-refractivity contribution in [3.63, 3.8) is 0 Å². The van der Waals surface area contributed by atoms with Crippen molar-refractivity contribution in [1.29, 1.82) is 0 Å². The van der Waals surface area contributed by atoms with Gasteiger partial charge in [-0.3, -0.25) is 4.79 Å². The number of rotatable bonds is 1. The highest BCUT2D eigenvalue weighted by molar-refractivity contribution is 9.10. The van der Waals surface area contributed by atoms with Gasteiger partial charge < -0.3 is 4.57 Å². The molecule has 0 saturated carbocycles. The number of carbonyl (C=O) groups is 1. The van der Waals surface area contributed by atoms with Crippen LogP contribution in [0.3, 0.4) is 0 Å². The van der Waals surface area contributed by atoms with Crippen molar-refractivity contribution < 1.29 is 4.79 Å². The number of hydrogen-bond donors (Lipinski definition) is 0. The summed E-state index contributed by atoms with van der Waals surface area (Å²) in [4.78, 5) is 10.4. The van der Waals surface area contributed by atoms with Crippen LogP contribution in [0.15, 0.2) is 10.8 Å². The highest BCUT2D eigenvalue weighted by Gasteiger charge is 2.05. The molecule has 0 aromatic carbocycles. The van der Waals surface area contributed by atoms with E-state index in [0.29, 0.717) is 0 Å². The monoisotopic (exact) mass is 201 g/mol. The first-order valence-corrected chi connectivity index (χ1v) is 3.72. The summed E-state index contributed by atoms with van der Waals surface area (Å²) >= 11 is 3.29. The Kier molecular flexibility index (Phi) is 1.94. The number of aryl methyl sites for hydroxylation is 2. The summed E-state index contributed by atoms with van der Waals surface area (Å²) in [7, 11) is 1.89. The molecular formula is C7H8BrNO. The normalized spacial score (nSPS) is 9.90. The molecule has 0 spiro atoms. The lowest BCUT2D eigenvalue weighted by Crippen LogP contribution is -1.85. The molecule has 0 radical (unpaired) electrons. The summed E-state index contributed by atoms with van der Waals surface area (Å²) in [5.74, 6) is 0. The van der Waals surface area contributed by atoms with Gasteiger partial charge in [-0.05, 0) is 28.4 Å². The number of hydrogen-bond acceptors (Lipinski definition) is 1. The predicted octanol–water partition coefficient (Wildman–Crippen LogP) is 1.91. The lowest BCUT2D eigenvalue weighted by molar-refractivity contribution is 0.112. The zero-order valence-corrected chi connectivity index (χ0v) is 7.47. The molecule has 2 nitrogen and oxygen atoms in total. The molecule has 1 rings (SSSR count). The van der Waals surface area contributed by atoms with E-state index < -0.39 is 0 Å². The molecule has 0 N–H and O–H groups in total. The topological polar surface area (TPSA) is 22.0 Å². The van der Waals surface area contributed by atoms with Crippen molar-refractivity contribution in [2.24, 2.45) is 7.05 Å². The Morgan fingerprint density at radius 3 is 2.50 bits per heavy atom. The van der Waals surface area contributed by atoms with E-state index in [9.17, 15) is 4.79 Å². The van der Waals surface area contributed by atoms with Crippen LogP contribution in [0, 0.1) is 6.92 Å². The fraction of sp³-hybridized carbons (Fsp3) is 0.286. The number of aldehydes is 1. The lowest BCUT2D eigenvalue weighted by atomic mass is 10.2. The zero-order chi connectivity index (χ0) is 7.72. The van der Waals surface area contributed by atoms with E-state index in [1.807, 2.05) is 24.7 Å². The number of halogens is 1. The molecule has 0 saturated heterocycles. The van der Waals surface area contributed by atoms with Crippen LogP contribution in [-0.2, 0) is 7.05 Å². The summed E-state index contributed by atoms with van der Waals surface area (Å²) in [6, 6.07) is 0. The lowest BCUT2D eigenvalue weighted by Gasteiger charge is -1.90. The molecule has 3 heteroatoms. The molecule has 54 valence electrons. The summed E-state index contributed by atoms with van der Waals surface area (Å²) < 4.78 is 2.72. The van der Waals surface area contributed by atoms with Crippen LogP contribution in [0.25, 0.3) is 0 Å². The fourth-order valence-corrected chi connectivity index (χ4v) is 1.42. The van der Waals surface area contributed by atoms with Gasteiger partial charge in [-0.2, -0.15) is 0 Å². The third kappa shape index (κ3) is 1.01. The second-order valence-electron chi connectivity index (χ2n) is 2.25. The van der Waals surface area contributed by atoms with Gasteiger partial charge in [0, 0.05) is 18.8 Å². The minimum absolute atomic E-state index is 0.738. The van der Waals surface area contributed by atoms with E-state index in [4.69, 9.17) is 0 Å². The van der Waals surface area contributed by atoms with Gasteiger partial charge in [0.05, 0.1) is 4.60 Å². The molecule has 0 atom stereocenters. The van der Waals surface area contributed by atoms with E-state index in [0.717, 1.165) is 22.0 Å². The smallest absolute Gasteiger partial charge is 0.153 e. The predicted molar refractivity (Wildman–Crippen MR) is 43.2 cm³/mol. The van der Waals surface area contributed by atoms with Crippen LogP contribution < -0.4 is 0 Å². The maximum absolute atomic E-state index is 10.4. The van der Waals surface area contributed by atoms with Crippen LogP contribution in [0.5, 0.6) is 0 Å². The van der Waals surface area contributed by atoms with Crippen LogP contribution in [0.1, 0.15) is 15.9 Å². The molecule has 0 amide bonds. The van der Waals surface area contributed by atoms with E-state index in [1.54, 1.807) is 0 Å². The van der Waals surface area contributed by atoms with Gasteiger partial charge in [-0.25, -0.2) is 0 Å². The molecule has 1 heterocycles. The standard InChI is InChI=1S/C7H8BrNO/c1-5-3-9(2)7(8)6(5)4-10/h3-4H,1-2H3. The third-order valence-corrected chi connectivity index (χ3v) is 2.45. The maximum atomic E-state index is 10.4. The minimum atomic E-state index is 0.738. The van der Waals surface area contributed by atoms with Gasteiger partial charge >= 0.3 is 0 Å². The van der Waals surface area contributed by atoms with Crippen molar-refractivity contribution in [2.45, 2.75) is 6.92 Å². The molecule has 0 aliphatic heterocycles. The van der Waals surface area contributed by atoms with E-state index in [-0.39, 0.29) is 0 Å². The fourth-order valence-electron chi connectivity index (χ4n) is 0.911. The Labute approximate surface area is 68.0 Å². The number of nitrogens with zero attached hydrogens (tertiary/aromatic N) is 1. The summed E-state index contributed by atoms with van der Waals surface area (Å²) in [5, 5.41) is 0. The summed E-state index contributed by atoms with van der Waals surface area (Å²) in [6.07, 6.45) is 2.77. The number of aromatic nitrogens is 1. The van der Waals surface area contributed by atoms with E-state index >= 15 is 0 Å². The van der Waals surface area contributed by atoms with Crippen molar-refractivity contribution >= 4 is 22.2 Å². The van der Waals surface area contributed by atoms with Gasteiger partial charge in [0.2, 0.25) is 0 Å². The van der Waals surface area contributed by atoms with Gasteiger partial charge in [0.15, 0.2) is 6.29 Å². The first kappa shape index (κ1) is 7.54. The third-order valence-electron chi connectivity index (χ3n) is 1.46. The van der Waals surface area contributed by atoms with Crippen molar-refractivity contribution in [1.82, 2.24) is 4.57 Å². The quantitative estimate of drug-likeness (QED) is 0.637. The van der Waals surface area contributed by atoms with Crippen LogP contribution in [0.4, 0.5) is 0 Å². The summed E-state index contributed by atoms with van der Waals surface area (Å²) in [6.45, 7) is 1.91. The highest BCUT2D eigenvalue weighted by atomic mass is 79.9. The first-order valence-electron chi connectivity index (χ1n) is 2.93. The van der Waals surface area contributed by atoms with Crippen molar-refractivity contribution in [3.8, 4) is 0 Å². The molecule has 0 bridgehead atoms. The zero-order valence-electron chi connectivity index (χ0n) is 5.89. The second kappa shape index (κ2) is 2.58. The first-order chi connectivity index (χ1) is 4.66. The molecule has 1 aromatic rings. The van der Waals surface area contributed by atoms with E-state index in [1.165, 1.54) is 0 Å². The van der Waals surface area contributed by atoms with Crippen LogP contribution in [-0.4, -0.2) is 10.9 Å². The maximum Gasteiger partial charge on any atom is 0.153 e. The average Bonchev–Trinajstić information content (AvgIpc) is 2.09. The Bertz CT molecular complexity index is 265. The Hall–Kier alpha value is -0.570. The molecule has 10 heavy (non-hydrogen) atoms. The van der Waals surface area contributed by atoms with Crippen molar-refractivity contribution in [3.05, 3.63) is 21.9 Å². The van der Waals surface area contributed by atoms with Crippen molar-refractivity contribution in [2.75, 3.05) is 0 Å². The molecule has 0 fully saturated rings. The van der Waals surface area contributed by atoms with Crippen LogP contribution >= 0.6 is 15.9 Å². The molecule has 0 unspecified atom stereocenters. The van der Waals surface area contributed by atoms with Gasteiger partial charge in [-0.1, -0.05) is 0 Å². The average molecular weight is 202 g/mol. The van der Waals surface area contributed by atoms with Gasteiger partial charge in [-0.15, -0.1) is 0 Å². The minimum Gasteiger partial charge on any atom is -0.345 e. The Balaban J connectivity index is 3.33. The second-order valence-corrected chi connectivity index (χ2v) is 3.00. The van der Waals surface area contributed by atoms with Gasteiger partial charge in [0.25, 0.3) is 0 Å². The van der Waals surface area contributed by atoms with Gasteiger partial charge in [0.1, 0.15) is 0 Å². The molecule has 0 aliphatic rings. The highest BCUT2D eigenvalue weighted by Crippen LogP contribution is 2.19. The Morgan fingerprint density at radius 1 is 1.70 bits per heavy atom. The SMILES string of the molecule is Cc1cn(C)c(Br)c1C=O. The van der Waals surface area contributed by atoms with E-state index in [2.05, 4.69) is 15.9 Å². The summed E-state index contributed by atoms with van der Waals surface area (Å²) in [5.41, 5.74) is 1.74.